The van der Waals surface area contributed by atoms with Gasteiger partial charge in [-0.3, -0.25) is 4.99 Å². The number of rotatable bonds is 0. The van der Waals surface area contributed by atoms with Gasteiger partial charge in [0.25, 0.3) is 0 Å². The van der Waals surface area contributed by atoms with Crippen molar-refractivity contribution >= 4 is 5.84 Å². The van der Waals surface area contributed by atoms with E-state index in [1.54, 1.807) is 7.05 Å². The first-order valence-electron chi connectivity index (χ1n) is 3.48. The number of nitrogens with one attached hydrogen (secondary N) is 1. The maximum absolute atomic E-state index is 5.51. The maximum Gasteiger partial charge on any atom is 0.130 e. The number of ether oxygens (including phenoxy) is 1. The third kappa shape index (κ3) is 1.14. The summed E-state index contributed by atoms with van der Waals surface area (Å²) in [5.74, 6) is 0.931. The molecule has 10 heavy (non-hydrogen) atoms. The zero-order chi connectivity index (χ0) is 7.78. The smallest absolute Gasteiger partial charge is 0.130 e. The molecule has 0 aromatic rings. The summed E-state index contributed by atoms with van der Waals surface area (Å²) in [5, 5.41) is 3.12. The highest BCUT2D eigenvalue weighted by Gasteiger charge is 2.34. The van der Waals surface area contributed by atoms with Crippen LogP contribution in [0.1, 0.15) is 20.8 Å². The van der Waals surface area contributed by atoms with Gasteiger partial charge in [0.2, 0.25) is 0 Å². The summed E-state index contributed by atoms with van der Waals surface area (Å²) in [6, 6.07) is 0. The second kappa shape index (κ2) is 2.23. The van der Waals surface area contributed by atoms with Gasteiger partial charge in [0.05, 0.1) is 0 Å². The summed E-state index contributed by atoms with van der Waals surface area (Å²) in [7, 11) is 1.77. The highest BCUT2D eigenvalue weighted by Crippen LogP contribution is 2.18. The summed E-state index contributed by atoms with van der Waals surface area (Å²) in [4.78, 5) is 4.07. The Morgan fingerprint density at radius 1 is 1.60 bits per heavy atom. The van der Waals surface area contributed by atoms with Crippen molar-refractivity contribution < 1.29 is 4.74 Å². The fraction of sp³-hybridized carbons (Fsp3) is 0.857. The third-order valence-electron chi connectivity index (χ3n) is 1.61. The zero-order valence-corrected chi connectivity index (χ0v) is 6.93. The quantitative estimate of drug-likeness (QED) is 0.541. The van der Waals surface area contributed by atoms with Gasteiger partial charge >= 0.3 is 0 Å². The lowest BCUT2D eigenvalue weighted by atomic mass is 10.1. The minimum atomic E-state index is -0.228. The Labute approximate surface area is 61.5 Å². The summed E-state index contributed by atoms with van der Waals surface area (Å²) in [5.41, 5.74) is -0.228. The summed E-state index contributed by atoms with van der Waals surface area (Å²) < 4.78 is 5.51. The van der Waals surface area contributed by atoms with Crippen LogP contribution in [0.3, 0.4) is 0 Å². The molecule has 0 aromatic carbocycles. The predicted octanol–water partition coefficient (Wildman–Crippen LogP) is 0.759. The average molecular weight is 142 g/mol. The molecule has 1 fully saturated rings. The number of hydrogen-bond acceptors (Lipinski definition) is 2. The molecule has 0 aromatic heterocycles. The van der Waals surface area contributed by atoms with E-state index in [2.05, 4.69) is 10.3 Å². The van der Waals surface area contributed by atoms with Crippen LogP contribution >= 0.6 is 0 Å². The largest absolute Gasteiger partial charge is 0.346 e. The topological polar surface area (TPSA) is 33.6 Å². The van der Waals surface area contributed by atoms with Crippen molar-refractivity contribution in [3.63, 3.8) is 0 Å². The van der Waals surface area contributed by atoms with E-state index in [0.29, 0.717) is 0 Å². The molecule has 1 aliphatic heterocycles. The van der Waals surface area contributed by atoms with Gasteiger partial charge in [-0.15, -0.1) is 0 Å². The van der Waals surface area contributed by atoms with Crippen molar-refractivity contribution in [1.82, 2.24) is 5.32 Å². The van der Waals surface area contributed by atoms with Crippen LogP contribution in [0, 0.1) is 0 Å². The van der Waals surface area contributed by atoms with Crippen molar-refractivity contribution in [1.29, 1.82) is 0 Å². The molecule has 1 saturated heterocycles. The molecule has 1 N–H and O–H groups in total. The fourth-order valence-electron chi connectivity index (χ4n) is 1.23. The number of aliphatic imine (C=N–C) groups is 1. The molecule has 58 valence electrons. The van der Waals surface area contributed by atoms with Gasteiger partial charge in [-0.1, -0.05) is 0 Å². The molecule has 0 saturated carbocycles. The zero-order valence-electron chi connectivity index (χ0n) is 6.93. The fourth-order valence-corrected chi connectivity index (χ4v) is 1.23. The lowest BCUT2D eigenvalue weighted by molar-refractivity contribution is 0.00847. The molecule has 1 atom stereocenters. The van der Waals surface area contributed by atoms with Crippen LogP contribution in [0.4, 0.5) is 0 Å². The Morgan fingerprint density at radius 3 is 2.40 bits per heavy atom. The van der Waals surface area contributed by atoms with Crippen molar-refractivity contribution in [2.75, 3.05) is 7.05 Å². The van der Waals surface area contributed by atoms with Crippen LogP contribution in [0.2, 0.25) is 0 Å². The summed E-state index contributed by atoms with van der Waals surface area (Å²) in [6.07, 6.45) is 0.0914. The molecular formula is C7H14N2O. The van der Waals surface area contributed by atoms with Gasteiger partial charge in [-0.05, 0) is 20.8 Å². The van der Waals surface area contributed by atoms with Gasteiger partial charge < -0.3 is 10.1 Å². The molecule has 3 nitrogen and oxygen atoms in total. The predicted molar refractivity (Wildman–Crippen MR) is 41.1 cm³/mol. The van der Waals surface area contributed by atoms with Gasteiger partial charge in [0.1, 0.15) is 17.7 Å². The van der Waals surface area contributed by atoms with Crippen LogP contribution in [0.15, 0.2) is 4.99 Å². The van der Waals surface area contributed by atoms with E-state index < -0.39 is 0 Å². The first-order chi connectivity index (χ1) is 4.56. The van der Waals surface area contributed by atoms with E-state index in [1.165, 1.54) is 0 Å². The number of amidine groups is 1. The van der Waals surface area contributed by atoms with Crippen molar-refractivity contribution in [3.05, 3.63) is 0 Å². The Bertz CT molecular complexity index is 163. The molecule has 0 amide bonds. The van der Waals surface area contributed by atoms with Gasteiger partial charge in [0.15, 0.2) is 0 Å². The Hall–Kier alpha value is -0.570. The van der Waals surface area contributed by atoms with E-state index >= 15 is 0 Å². The van der Waals surface area contributed by atoms with Crippen LogP contribution in [0.25, 0.3) is 0 Å². The second-order valence-electron chi connectivity index (χ2n) is 2.99. The Balaban J connectivity index is 2.78. The first-order valence-corrected chi connectivity index (χ1v) is 3.48. The molecule has 0 aliphatic carbocycles. The number of hydrogen-bond donors (Lipinski definition) is 1. The monoisotopic (exact) mass is 142 g/mol. The molecule has 0 radical (unpaired) electrons. The average Bonchev–Trinajstić information content (AvgIpc) is 2.04. The van der Waals surface area contributed by atoms with E-state index in [1.807, 2.05) is 20.8 Å². The van der Waals surface area contributed by atoms with Crippen LogP contribution in [-0.2, 0) is 4.74 Å². The highest BCUT2D eigenvalue weighted by atomic mass is 16.5. The molecule has 0 spiro atoms. The standard InChI is InChI=1S/C7H14N2O/c1-5-9-6(8-4)7(2,3)10-5/h5H,1-4H3,(H,8,9). The van der Waals surface area contributed by atoms with E-state index in [4.69, 9.17) is 4.74 Å². The molecule has 1 aliphatic rings. The SMILES string of the molecule is CN=C1NC(C)OC1(C)C. The Kier molecular flexibility index (Phi) is 1.68. The van der Waals surface area contributed by atoms with Crippen molar-refractivity contribution in [2.24, 2.45) is 4.99 Å². The molecule has 1 heterocycles. The summed E-state index contributed by atoms with van der Waals surface area (Å²) in [6.45, 7) is 5.98. The normalized spacial score (nSPS) is 34.4. The first kappa shape index (κ1) is 7.54. The van der Waals surface area contributed by atoms with E-state index in [0.717, 1.165) is 5.84 Å². The minimum Gasteiger partial charge on any atom is -0.346 e. The number of nitrogens with zero attached hydrogens (tertiary/aromatic N) is 1. The third-order valence-corrected chi connectivity index (χ3v) is 1.61. The van der Waals surface area contributed by atoms with E-state index in [-0.39, 0.29) is 11.8 Å². The van der Waals surface area contributed by atoms with E-state index in [9.17, 15) is 0 Å². The minimum absolute atomic E-state index is 0.0914. The molecule has 0 bridgehead atoms. The molecule has 1 rings (SSSR count). The lowest BCUT2D eigenvalue weighted by Crippen LogP contribution is -2.32. The lowest BCUT2D eigenvalue weighted by Gasteiger charge is -2.15. The van der Waals surface area contributed by atoms with Crippen LogP contribution in [-0.4, -0.2) is 24.7 Å². The van der Waals surface area contributed by atoms with Crippen molar-refractivity contribution in [2.45, 2.75) is 32.6 Å². The summed E-state index contributed by atoms with van der Waals surface area (Å²) >= 11 is 0. The molecular weight excluding hydrogens is 128 g/mol. The second-order valence-corrected chi connectivity index (χ2v) is 2.99. The van der Waals surface area contributed by atoms with Gasteiger partial charge in [-0.2, -0.15) is 0 Å². The Morgan fingerprint density at radius 2 is 2.20 bits per heavy atom. The molecule has 3 heteroatoms. The van der Waals surface area contributed by atoms with Gasteiger partial charge in [0, 0.05) is 7.05 Å². The van der Waals surface area contributed by atoms with Crippen LogP contribution < -0.4 is 5.32 Å². The van der Waals surface area contributed by atoms with Gasteiger partial charge in [-0.25, -0.2) is 0 Å². The molecule has 1 unspecified atom stereocenters. The maximum atomic E-state index is 5.51. The van der Waals surface area contributed by atoms with Crippen LogP contribution in [0.5, 0.6) is 0 Å². The highest BCUT2D eigenvalue weighted by molar-refractivity contribution is 5.91. The van der Waals surface area contributed by atoms with Crippen molar-refractivity contribution in [3.8, 4) is 0 Å².